The molecular weight excluding hydrogens is 442 g/mol. The molecule has 0 amide bonds. The molecule has 8 heteroatoms. The summed E-state index contributed by atoms with van der Waals surface area (Å²) in [6.07, 6.45) is 0. The summed E-state index contributed by atoms with van der Waals surface area (Å²) in [5, 5.41) is 0. The van der Waals surface area contributed by atoms with Crippen molar-refractivity contribution in [1.29, 1.82) is 0 Å². The topological polar surface area (TPSA) is 105 Å². The van der Waals surface area contributed by atoms with Crippen LogP contribution in [0.25, 0.3) is 0 Å². The van der Waals surface area contributed by atoms with Crippen LogP contribution in [0.15, 0.2) is 36.4 Å². The molecule has 0 aliphatic carbocycles. The van der Waals surface area contributed by atoms with Crippen molar-refractivity contribution < 1.29 is 19.1 Å². The van der Waals surface area contributed by atoms with Gasteiger partial charge >= 0.3 is 151 Å². The molecule has 2 rings (SSSR count). The zero-order valence-corrected chi connectivity index (χ0v) is 16.3. The minimum atomic E-state index is -0.432. The SMILES string of the molecule is COC(=O)c1cc([Se][Se]c2ccc(N)c(COC=O)c2)ccc1N. The Morgan fingerprint density at radius 2 is 1.71 bits per heavy atom. The van der Waals surface area contributed by atoms with E-state index in [0.717, 1.165) is 14.5 Å². The number of nitrogen functional groups attached to an aromatic ring is 2. The molecule has 0 atom stereocenters. The van der Waals surface area contributed by atoms with Gasteiger partial charge in [-0.05, 0) is 0 Å². The number of benzene rings is 2. The van der Waals surface area contributed by atoms with Crippen molar-refractivity contribution in [1.82, 2.24) is 0 Å². The monoisotopic (exact) mass is 460 g/mol. The van der Waals surface area contributed by atoms with Crippen LogP contribution in [0.2, 0.25) is 0 Å². The van der Waals surface area contributed by atoms with E-state index in [0.29, 0.717) is 23.4 Å². The molecule has 6 nitrogen and oxygen atoms in total. The first-order chi connectivity index (χ1) is 11.5. The molecule has 0 saturated carbocycles. The summed E-state index contributed by atoms with van der Waals surface area (Å²) < 4.78 is 11.7. The zero-order valence-electron chi connectivity index (χ0n) is 12.9. The Morgan fingerprint density at radius 3 is 2.33 bits per heavy atom. The summed E-state index contributed by atoms with van der Waals surface area (Å²) >= 11 is 0.364. The van der Waals surface area contributed by atoms with Crippen LogP contribution < -0.4 is 20.4 Å². The van der Waals surface area contributed by atoms with E-state index in [1.165, 1.54) is 7.11 Å². The van der Waals surface area contributed by atoms with Gasteiger partial charge in [-0.1, -0.05) is 0 Å². The second-order valence-corrected chi connectivity index (χ2v) is 11.0. The van der Waals surface area contributed by atoms with Crippen LogP contribution in [-0.4, -0.2) is 45.8 Å². The molecular formula is C16H16N2O4Se2. The Bertz CT molecular complexity index is 753. The molecule has 2 aromatic rings. The van der Waals surface area contributed by atoms with Crippen molar-refractivity contribution in [2.24, 2.45) is 0 Å². The van der Waals surface area contributed by atoms with Crippen LogP contribution in [0.5, 0.6) is 0 Å². The van der Waals surface area contributed by atoms with E-state index in [1.54, 1.807) is 12.1 Å². The predicted molar refractivity (Wildman–Crippen MR) is 94.7 cm³/mol. The van der Waals surface area contributed by atoms with Gasteiger partial charge in [0.25, 0.3) is 0 Å². The summed E-state index contributed by atoms with van der Waals surface area (Å²) in [6.45, 7) is 0.574. The van der Waals surface area contributed by atoms with Crippen LogP contribution in [0, 0.1) is 0 Å². The summed E-state index contributed by atoms with van der Waals surface area (Å²) in [5.41, 5.74) is 13.9. The Balaban J connectivity index is 2.10. The fourth-order valence-corrected chi connectivity index (χ4v) is 7.88. The first kappa shape index (κ1) is 18.4. The molecule has 0 fully saturated rings. The summed E-state index contributed by atoms with van der Waals surface area (Å²) in [4.78, 5) is 22.0. The zero-order chi connectivity index (χ0) is 17.5. The van der Waals surface area contributed by atoms with E-state index in [-0.39, 0.29) is 32.9 Å². The molecule has 2 aromatic carbocycles. The van der Waals surface area contributed by atoms with Crippen molar-refractivity contribution >= 4 is 59.0 Å². The number of anilines is 2. The maximum atomic E-state index is 11.7. The summed E-state index contributed by atoms with van der Waals surface area (Å²) in [5.74, 6) is -0.432. The number of carbonyl (C=O) groups excluding carboxylic acids is 2. The standard InChI is InChI=1S/C16H16N2O4Se2/c1-21-16(20)13-7-12(3-5-15(13)18)24-23-11-2-4-14(17)10(6-11)8-22-9-19/h2-7,9H,8,17-18H2,1H3. The molecule has 0 spiro atoms. The third-order valence-electron chi connectivity index (χ3n) is 3.09. The van der Waals surface area contributed by atoms with Gasteiger partial charge in [0.2, 0.25) is 0 Å². The number of methoxy groups -OCH3 is 1. The third kappa shape index (κ3) is 4.76. The van der Waals surface area contributed by atoms with Gasteiger partial charge < -0.3 is 0 Å². The van der Waals surface area contributed by atoms with E-state index in [4.69, 9.17) is 20.9 Å². The summed E-state index contributed by atoms with van der Waals surface area (Å²) in [6, 6.07) is 11.2. The number of rotatable bonds is 7. The normalized spacial score (nSPS) is 10.2. The Kier molecular flexibility index (Phi) is 6.70. The molecule has 0 bridgehead atoms. The average Bonchev–Trinajstić information content (AvgIpc) is 2.60. The van der Waals surface area contributed by atoms with Crippen molar-refractivity contribution in [2.75, 3.05) is 18.6 Å². The van der Waals surface area contributed by atoms with Crippen LogP contribution in [-0.2, 0) is 20.9 Å². The molecule has 0 unspecified atom stereocenters. The molecule has 0 aromatic heterocycles. The van der Waals surface area contributed by atoms with Gasteiger partial charge in [0.1, 0.15) is 0 Å². The van der Waals surface area contributed by atoms with Crippen molar-refractivity contribution in [3.05, 3.63) is 47.5 Å². The minimum absolute atomic E-state index is 0.167. The molecule has 126 valence electrons. The van der Waals surface area contributed by atoms with Gasteiger partial charge in [-0.25, -0.2) is 0 Å². The molecule has 0 radical (unpaired) electrons. The fourth-order valence-electron chi connectivity index (χ4n) is 1.85. The second-order valence-electron chi connectivity index (χ2n) is 4.68. The molecule has 0 aliphatic rings. The number of esters is 1. The van der Waals surface area contributed by atoms with Gasteiger partial charge in [-0.2, -0.15) is 0 Å². The number of ether oxygens (including phenoxy) is 2. The predicted octanol–water partition coefficient (Wildman–Crippen LogP) is -0.415. The number of carbonyl (C=O) groups is 2. The summed E-state index contributed by atoms with van der Waals surface area (Å²) in [7, 11) is 1.33. The Labute approximate surface area is 150 Å². The van der Waals surface area contributed by atoms with Gasteiger partial charge in [-0.3, -0.25) is 0 Å². The van der Waals surface area contributed by atoms with E-state index in [2.05, 4.69) is 0 Å². The molecule has 0 saturated heterocycles. The Morgan fingerprint density at radius 1 is 1.08 bits per heavy atom. The molecule has 24 heavy (non-hydrogen) atoms. The van der Waals surface area contributed by atoms with Crippen molar-refractivity contribution in [3.63, 3.8) is 0 Å². The van der Waals surface area contributed by atoms with E-state index >= 15 is 0 Å². The first-order valence-electron chi connectivity index (χ1n) is 6.81. The van der Waals surface area contributed by atoms with Gasteiger partial charge in [0.15, 0.2) is 0 Å². The van der Waals surface area contributed by atoms with Gasteiger partial charge in [0, 0.05) is 0 Å². The van der Waals surface area contributed by atoms with Crippen molar-refractivity contribution in [3.8, 4) is 0 Å². The third-order valence-corrected chi connectivity index (χ3v) is 10.2. The molecule has 0 aliphatic heterocycles. The fraction of sp³-hybridized carbons (Fsp3) is 0.125. The van der Waals surface area contributed by atoms with Crippen LogP contribution in [0.3, 0.4) is 0 Å². The van der Waals surface area contributed by atoms with Gasteiger partial charge in [-0.15, -0.1) is 0 Å². The quantitative estimate of drug-likeness (QED) is 0.253. The van der Waals surface area contributed by atoms with Crippen LogP contribution in [0.1, 0.15) is 15.9 Å². The second kappa shape index (κ2) is 8.75. The maximum absolute atomic E-state index is 11.7. The van der Waals surface area contributed by atoms with E-state index in [1.807, 2.05) is 24.3 Å². The van der Waals surface area contributed by atoms with Crippen LogP contribution in [0.4, 0.5) is 11.4 Å². The molecule has 4 N–H and O–H groups in total. The van der Waals surface area contributed by atoms with Crippen LogP contribution >= 0.6 is 0 Å². The van der Waals surface area contributed by atoms with E-state index < -0.39 is 5.97 Å². The number of nitrogens with two attached hydrogens (primary N) is 2. The first-order valence-corrected chi connectivity index (χ1v) is 12.9. The molecule has 0 heterocycles. The number of hydrogen-bond acceptors (Lipinski definition) is 6. The van der Waals surface area contributed by atoms with Gasteiger partial charge in [0.05, 0.1) is 0 Å². The van der Waals surface area contributed by atoms with Crippen molar-refractivity contribution in [2.45, 2.75) is 6.61 Å². The average molecular weight is 458 g/mol. The number of hydrogen-bond donors (Lipinski definition) is 2. The van der Waals surface area contributed by atoms with E-state index in [9.17, 15) is 9.59 Å². The Hall–Kier alpha value is -1.98.